The predicted octanol–water partition coefficient (Wildman–Crippen LogP) is 1.97. The Hall–Kier alpha value is -1.86. The minimum absolute atomic E-state index is 0.191. The zero-order valence-corrected chi connectivity index (χ0v) is 12.0. The van der Waals surface area contributed by atoms with Gasteiger partial charge >= 0.3 is 0 Å². The number of amides is 1. The predicted molar refractivity (Wildman–Crippen MR) is 78.0 cm³/mol. The largest absolute Gasteiger partial charge is 0.342 e. The molecule has 1 amide bonds. The molecule has 0 saturated carbocycles. The van der Waals surface area contributed by atoms with Crippen LogP contribution >= 0.6 is 0 Å². The van der Waals surface area contributed by atoms with Crippen molar-refractivity contribution in [3.63, 3.8) is 0 Å². The second kappa shape index (κ2) is 7.06. The van der Waals surface area contributed by atoms with Gasteiger partial charge in [-0.3, -0.25) is 4.79 Å². The van der Waals surface area contributed by atoms with Gasteiger partial charge in [0.2, 0.25) is 5.91 Å². The number of benzene rings is 1. The Morgan fingerprint density at radius 1 is 1.35 bits per heavy atom. The summed E-state index contributed by atoms with van der Waals surface area (Å²) < 4.78 is 0. The van der Waals surface area contributed by atoms with Crippen molar-refractivity contribution >= 4 is 5.91 Å². The number of hydrogen-bond acceptors (Lipinski definition) is 3. The monoisotopic (exact) mass is 271 g/mol. The Bertz CT molecular complexity index is 513. The van der Waals surface area contributed by atoms with Crippen LogP contribution in [0.15, 0.2) is 18.2 Å². The van der Waals surface area contributed by atoms with Crippen LogP contribution in [0.25, 0.3) is 0 Å². The molecule has 1 aliphatic heterocycles. The van der Waals surface area contributed by atoms with E-state index in [4.69, 9.17) is 5.26 Å². The molecule has 1 fully saturated rings. The summed E-state index contributed by atoms with van der Waals surface area (Å²) >= 11 is 0. The van der Waals surface area contributed by atoms with Crippen molar-refractivity contribution < 1.29 is 4.79 Å². The van der Waals surface area contributed by atoms with Crippen LogP contribution in [0.5, 0.6) is 0 Å². The molecule has 0 aliphatic carbocycles. The summed E-state index contributed by atoms with van der Waals surface area (Å²) in [5.74, 6) is 0.191. The molecule has 106 valence electrons. The fourth-order valence-electron chi connectivity index (χ4n) is 2.52. The maximum atomic E-state index is 12.0. The number of rotatable bonds is 4. The molecule has 0 atom stereocenters. The molecule has 1 aliphatic rings. The van der Waals surface area contributed by atoms with Gasteiger partial charge in [-0.25, -0.2) is 0 Å². The average molecular weight is 271 g/mol. The number of piperidine rings is 1. The van der Waals surface area contributed by atoms with Crippen molar-refractivity contribution in [1.82, 2.24) is 10.2 Å². The Balaban J connectivity index is 1.80. The highest BCUT2D eigenvalue weighted by molar-refractivity contribution is 5.78. The molecule has 0 bridgehead atoms. The molecule has 1 N–H and O–H groups in total. The molecule has 4 heteroatoms. The van der Waals surface area contributed by atoms with Gasteiger partial charge in [0, 0.05) is 19.6 Å². The van der Waals surface area contributed by atoms with E-state index in [2.05, 4.69) is 11.4 Å². The van der Waals surface area contributed by atoms with Crippen LogP contribution in [-0.4, -0.2) is 30.4 Å². The first-order valence-electron chi connectivity index (χ1n) is 7.19. The van der Waals surface area contributed by atoms with Gasteiger partial charge in [-0.05, 0) is 49.4 Å². The minimum Gasteiger partial charge on any atom is -0.342 e. The zero-order valence-electron chi connectivity index (χ0n) is 12.0. The molecule has 1 aromatic rings. The number of carbonyl (C=O) groups excluding carboxylic acids is 1. The summed E-state index contributed by atoms with van der Waals surface area (Å²) in [5, 5.41) is 12.0. The summed E-state index contributed by atoms with van der Waals surface area (Å²) in [6, 6.07) is 7.78. The quantitative estimate of drug-likeness (QED) is 0.911. The Morgan fingerprint density at radius 2 is 2.10 bits per heavy atom. The number of aryl methyl sites for hydroxylation is 1. The molecule has 1 heterocycles. The minimum atomic E-state index is 0.191. The number of nitriles is 1. The molecule has 0 aromatic heterocycles. The van der Waals surface area contributed by atoms with Crippen LogP contribution in [0.1, 0.15) is 36.0 Å². The van der Waals surface area contributed by atoms with E-state index >= 15 is 0 Å². The Kier molecular flexibility index (Phi) is 5.14. The van der Waals surface area contributed by atoms with E-state index in [-0.39, 0.29) is 5.91 Å². The molecule has 2 rings (SSSR count). The summed E-state index contributed by atoms with van der Waals surface area (Å²) in [6.07, 6.45) is 3.49. The van der Waals surface area contributed by atoms with Crippen LogP contribution < -0.4 is 5.32 Å². The molecule has 20 heavy (non-hydrogen) atoms. The lowest BCUT2D eigenvalue weighted by Gasteiger charge is -2.26. The summed E-state index contributed by atoms with van der Waals surface area (Å²) in [4.78, 5) is 13.9. The highest BCUT2D eigenvalue weighted by Gasteiger charge is 2.15. The second-order valence-corrected chi connectivity index (χ2v) is 5.30. The van der Waals surface area contributed by atoms with E-state index in [0.717, 1.165) is 37.1 Å². The van der Waals surface area contributed by atoms with Crippen molar-refractivity contribution in [2.24, 2.45) is 0 Å². The van der Waals surface area contributed by atoms with Crippen molar-refractivity contribution in [2.45, 2.75) is 32.7 Å². The molecule has 0 spiro atoms. The molecular formula is C16H21N3O. The van der Waals surface area contributed by atoms with E-state index in [0.29, 0.717) is 18.7 Å². The summed E-state index contributed by atoms with van der Waals surface area (Å²) in [5.41, 5.74) is 2.90. The normalized spacial score (nSPS) is 14.9. The van der Waals surface area contributed by atoms with Crippen molar-refractivity contribution in [3.8, 4) is 6.07 Å². The van der Waals surface area contributed by atoms with Gasteiger partial charge in [-0.15, -0.1) is 0 Å². The molecule has 0 radical (unpaired) electrons. The maximum Gasteiger partial charge on any atom is 0.236 e. The van der Waals surface area contributed by atoms with Gasteiger partial charge in [-0.2, -0.15) is 5.26 Å². The van der Waals surface area contributed by atoms with Crippen LogP contribution in [0, 0.1) is 18.3 Å². The third kappa shape index (κ3) is 3.82. The van der Waals surface area contributed by atoms with Crippen LogP contribution in [0.3, 0.4) is 0 Å². The maximum absolute atomic E-state index is 12.0. The van der Waals surface area contributed by atoms with Crippen LogP contribution in [0.4, 0.5) is 0 Å². The van der Waals surface area contributed by atoms with E-state index in [1.54, 1.807) is 0 Å². The highest BCUT2D eigenvalue weighted by Crippen LogP contribution is 2.11. The fourth-order valence-corrected chi connectivity index (χ4v) is 2.52. The average Bonchev–Trinajstić information content (AvgIpc) is 2.49. The first kappa shape index (κ1) is 14.5. The first-order valence-corrected chi connectivity index (χ1v) is 7.19. The zero-order chi connectivity index (χ0) is 14.4. The van der Waals surface area contributed by atoms with Crippen molar-refractivity contribution in [2.75, 3.05) is 19.6 Å². The molecule has 1 aromatic carbocycles. The number of hydrogen-bond donors (Lipinski definition) is 1. The van der Waals surface area contributed by atoms with Gasteiger partial charge < -0.3 is 10.2 Å². The standard InChI is InChI=1S/C16H21N3O/c1-13-9-14(10-17)5-6-15(13)11-18-12-16(20)19-7-3-2-4-8-19/h5-6,9,18H,2-4,7-8,11-12H2,1H3. The lowest BCUT2D eigenvalue weighted by atomic mass is 10.1. The Labute approximate surface area is 120 Å². The summed E-state index contributed by atoms with van der Waals surface area (Å²) in [6.45, 7) is 4.84. The number of nitrogens with zero attached hydrogens (tertiary/aromatic N) is 2. The number of nitrogens with one attached hydrogen (secondary N) is 1. The van der Waals surface area contributed by atoms with E-state index in [9.17, 15) is 4.79 Å². The number of carbonyl (C=O) groups is 1. The van der Waals surface area contributed by atoms with E-state index in [1.807, 2.05) is 30.0 Å². The van der Waals surface area contributed by atoms with Gasteiger partial charge in [0.25, 0.3) is 0 Å². The van der Waals surface area contributed by atoms with Gasteiger partial charge in [-0.1, -0.05) is 6.07 Å². The first-order chi connectivity index (χ1) is 9.70. The third-order valence-electron chi connectivity index (χ3n) is 3.77. The molecule has 4 nitrogen and oxygen atoms in total. The molecule has 1 saturated heterocycles. The highest BCUT2D eigenvalue weighted by atomic mass is 16.2. The lowest BCUT2D eigenvalue weighted by Crippen LogP contribution is -2.41. The molecular weight excluding hydrogens is 250 g/mol. The summed E-state index contributed by atoms with van der Waals surface area (Å²) in [7, 11) is 0. The number of likely N-dealkylation sites (tertiary alicyclic amines) is 1. The van der Waals surface area contributed by atoms with Gasteiger partial charge in [0.1, 0.15) is 0 Å². The lowest BCUT2D eigenvalue weighted by molar-refractivity contribution is -0.131. The SMILES string of the molecule is Cc1cc(C#N)ccc1CNCC(=O)N1CCCCC1. The van der Waals surface area contributed by atoms with Gasteiger partial charge in [0.05, 0.1) is 18.2 Å². The van der Waals surface area contributed by atoms with Crippen LogP contribution in [-0.2, 0) is 11.3 Å². The van der Waals surface area contributed by atoms with Crippen molar-refractivity contribution in [3.05, 3.63) is 34.9 Å². The fraction of sp³-hybridized carbons (Fsp3) is 0.500. The third-order valence-corrected chi connectivity index (χ3v) is 3.77. The van der Waals surface area contributed by atoms with Gasteiger partial charge in [0.15, 0.2) is 0 Å². The second-order valence-electron chi connectivity index (χ2n) is 5.30. The van der Waals surface area contributed by atoms with E-state index < -0.39 is 0 Å². The topological polar surface area (TPSA) is 56.1 Å². The Morgan fingerprint density at radius 3 is 2.75 bits per heavy atom. The van der Waals surface area contributed by atoms with Crippen LogP contribution in [0.2, 0.25) is 0 Å². The van der Waals surface area contributed by atoms with E-state index in [1.165, 1.54) is 6.42 Å². The smallest absolute Gasteiger partial charge is 0.236 e. The van der Waals surface area contributed by atoms with Crippen molar-refractivity contribution in [1.29, 1.82) is 5.26 Å². The molecule has 0 unspecified atom stereocenters.